The fourth-order valence-corrected chi connectivity index (χ4v) is 5.23. The zero-order valence-corrected chi connectivity index (χ0v) is 20.2. The van der Waals surface area contributed by atoms with Crippen molar-refractivity contribution in [2.45, 2.75) is 19.8 Å². The lowest BCUT2D eigenvalue weighted by Gasteiger charge is -2.25. The van der Waals surface area contributed by atoms with E-state index >= 15 is 0 Å². The van der Waals surface area contributed by atoms with Gasteiger partial charge >= 0.3 is 0 Å². The van der Waals surface area contributed by atoms with Crippen LogP contribution in [0.4, 0.5) is 0 Å². The lowest BCUT2D eigenvalue weighted by molar-refractivity contribution is 0.443. The Kier molecular flexibility index (Phi) is 11.0. The maximum absolute atomic E-state index is 12.4. The van der Waals surface area contributed by atoms with E-state index in [1.165, 1.54) is 11.1 Å². The van der Waals surface area contributed by atoms with Gasteiger partial charge in [0.15, 0.2) is 5.96 Å². The molecule has 1 aromatic carbocycles. The molecule has 0 radical (unpaired) electrons. The first-order valence-corrected chi connectivity index (χ1v) is 11.8. The normalized spacial score (nSPS) is 17.1. The number of thioether (sulfide) groups is 1. The second-order valence-corrected chi connectivity index (χ2v) is 9.83. The Morgan fingerprint density at radius 1 is 1.22 bits per heavy atom. The fourth-order valence-electron chi connectivity index (χ4n) is 2.74. The molecule has 1 aliphatic heterocycles. The van der Waals surface area contributed by atoms with Crippen molar-refractivity contribution in [3.05, 3.63) is 35.4 Å². The first kappa shape index (κ1) is 24.5. The van der Waals surface area contributed by atoms with Gasteiger partial charge in [0.25, 0.3) is 0 Å². The third-order valence-electron chi connectivity index (χ3n) is 4.46. The summed E-state index contributed by atoms with van der Waals surface area (Å²) in [4.78, 5) is 4.18. The van der Waals surface area contributed by atoms with Gasteiger partial charge in [0, 0.05) is 44.7 Å². The average Bonchev–Trinajstić information content (AvgIpc) is 2.65. The van der Waals surface area contributed by atoms with E-state index in [9.17, 15) is 8.42 Å². The summed E-state index contributed by atoms with van der Waals surface area (Å²) in [5.41, 5.74) is 2.52. The van der Waals surface area contributed by atoms with E-state index in [4.69, 9.17) is 0 Å². The van der Waals surface area contributed by atoms with Gasteiger partial charge in [-0.1, -0.05) is 36.8 Å². The lowest BCUT2D eigenvalue weighted by Crippen LogP contribution is -2.44. The number of aliphatic imine (C=N–C) groups is 1. The molecule has 154 valence electrons. The van der Waals surface area contributed by atoms with Gasteiger partial charge in [0.1, 0.15) is 0 Å². The lowest BCUT2D eigenvalue weighted by atomic mass is 10.0. The van der Waals surface area contributed by atoms with Crippen LogP contribution in [-0.4, -0.2) is 69.2 Å². The van der Waals surface area contributed by atoms with E-state index in [1.54, 1.807) is 23.1 Å². The van der Waals surface area contributed by atoms with Crippen molar-refractivity contribution in [3.63, 3.8) is 0 Å². The van der Waals surface area contributed by atoms with Crippen molar-refractivity contribution in [1.82, 2.24) is 14.9 Å². The highest BCUT2D eigenvalue weighted by molar-refractivity contribution is 14.0. The van der Waals surface area contributed by atoms with Crippen molar-refractivity contribution >= 4 is 51.7 Å². The molecule has 9 heteroatoms. The van der Waals surface area contributed by atoms with E-state index in [0.29, 0.717) is 31.5 Å². The Morgan fingerprint density at radius 2 is 1.85 bits per heavy atom. The molecule has 1 fully saturated rings. The second kappa shape index (κ2) is 12.1. The monoisotopic (exact) mass is 526 g/mol. The minimum atomic E-state index is -3.19. The van der Waals surface area contributed by atoms with Crippen molar-refractivity contribution in [1.29, 1.82) is 0 Å². The predicted molar refractivity (Wildman–Crippen MR) is 127 cm³/mol. The SMILES string of the molecule is CN=C(NCCS(=O)(=O)N1CCSCC1)NCC(C)c1ccc(C)cc1.I. The number of hydrogen-bond acceptors (Lipinski definition) is 4. The Hall–Kier alpha value is -0.520. The molecule has 0 spiro atoms. The van der Waals surface area contributed by atoms with Crippen molar-refractivity contribution in [2.75, 3.05) is 50.5 Å². The van der Waals surface area contributed by atoms with Crippen LogP contribution in [-0.2, 0) is 10.0 Å². The Labute approximate surface area is 185 Å². The molecule has 0 bridgehead atoms. The number of rotatable bonds is 7. The quantitative estimate of drug-likeness (QED) is 0.324. The standard InChI is InChI=1S/C18H30N4O2S2.HI/c1-15-4-6-17(7-5-15)16(2)14-21-18(19-3)20-8-13-26(23,24)22-9-11-25-12-10-22;/h4-7,16H,8-14H2,1-3H3,(H2,19,20,21);1H. The maximum Gasteiger partial charge on any atom is 0.215 e. The number of nitrogens with zero attached hydrogens (tertiary/aromatic N) is 2. The van der Waals surface area contributed by atoms with Gasteiger partial charge < -0.3 is 10.6 Å². The van der Waals surface area contributed by atoms with Gasteiger partial charge in [-0.3, -0.25) is 4.99 Å². The van der Waals surface area contributed by atoms with E-state index in [-0.39, 0.29) is 29.7 Å². The molecule has 0 aromatic heterocycles. The minimum absolute atomic E-state index is 0. The van der Waals surface area contributed by atoms with Crippen LogP contribution in [0.1, 0.15) is 24.0 Å². The van der Waals surface area contributed by atoms with Gasteiger partial charge in [-0.05, 0) is 18.4 Å². The Balaban J connectivity index is 0.00000364. The summed E-state index contributed by atoms with van der Waals surface area (Å²) in [7, 11) is -1.49. The van der Waals surface area contributed by atoms with Crippen LogP contribution in [0.15, 0.2) is 29.3 Å². The molecule has 6 nitrogen and oxygen atoms in total. The van der Waals surface area contributed by atoms with E-state index in [0.717, 1.165) is 18.1 Å². The van der Waals surface area contributed by atoms with Gasteiger partial charge in [0.2, 0.25) is 10.0 Å². The summed E-state index contributed by atoms with van der Waals surface area (Å²) < 4.78 is 26.3. The summed E-state index contributed by atoms with van der Waals surface area (Å²) in [6, 6.07) is 8.51. The minimum Gasteiger partial charge on any atom is -0.356 e. The molecular weight excluding hydrogens is 495 g/mol. The molecule has 2 N–H and O–H groups in total. The molecule has 1 heterocycles. The van der Waals surface area contributed by atoms with Crippen LogP contribution in [0.2, 0.25) is 0 Å². The number of guanidine groups is 1. The number of aryl methyl sites for hydroxylation is 1. The molecule has 1 saturated heterocycles. The summed E-state index contributed by atoms with van der Waals surface area (Å²) in [6.07, 6.45) is 0. The van der Waals surface area contributed by atoms with E-state index in [2.05, 4.69) is 53.7 Å². The van der Waals surface area contributed by atoms with Crippen LogP contribution < -0.4 is 10.6 Å². The molecular formula is C18H31IN4O2S2. The largest absolute Gasteiger partial charge is 0.356 e. The van der Waals surface area contributed by atoms with Crippen molar-refractivity contribution in [2.24, 2.45) is 4.99 Å². The van der Waals surface area contributed by atoms with Crippen LogP contribution in [0.3, 0.4) is 0 Å². The van der Waals surface area contributed by atoms with E-state index in [1.807, 2.05) is 0 Å². The van der Waals surface area contributed by atoms with Crippen molar-refractivity contribution < 1.29 is 8.42 Å². The Morgan fingerprint density at radius 3 is 2.44 bits per heavy atom. The van der Waals surface area contributed by atoms with E-state index < -0.39 is 10.0 Å². The van der Waals surface area contributed by atoms with Crippen molar-refractivity contribution in [3.8, 4) is 0 Å². The molecule has 2 rings (SSSR count). The number of nitrogens with one attached hydrogen (secondary N) is 2. The summed E-state index contributed by atoms with van der Waals surface area (Å²) in [5, 5.41) is 6.38. The molecule has 0 amide bonds. The third-order valence-corrected chi connectivity index (χ3v) is 7.28. The highest BCUT2D eigenvalue weighted by Crippen LogP contribution is 2.15. The first-order chi connectivity index (χ1) is 12.4. The summed E-state index contributed by atoms with van der Waals surface area (Å²) in [5.74, 6) is 2.82. The Bertz CT molecular complexity index is 690. The smallest absolute Gasteiger partial charge is 0.215 e. The maximum atomic E-state index is 12.4. The number of benzene rings is 1. The number of halogens is 1. The number of sulfonamides is 1. The van der Waals surface area contributed by atoms with Gasteiger partial charge in [0.05, 0.1) is 5.75 Å². The fraction of sp³-hybridized carbons (Fsp3) is 0.611. The average molecular weight is 527 g/mol. The summed E-state index contributed by atoms with van der Waals surface area (Å²) in [6.45, 7) is 6.56. The predicted octanol–water partition coefficient (Wildman–Crippen LogP) is 2.26. The van der Waals surface area contributed by atoms with Gasteiger partial charge in [-0.15, -0.1) is 24.0 Å². The van der Waals surface area contributed by atoms with Crippen LogP contribution in [0.5, 0.6) is 0 Å². The first-order valence-electron chi connectivity index (χ1n) is 8.99. The van der Waals surface area contributed by atoms with Crippen LogP contribution >= 0.6 is 35.7 Å². The molecule has 27 heavy (non-hydrogen) atoms. The molecule has 1 aliphatic rings. The molecule has 1 atom stereocenters. The molecule has 1 aromatic rings. The zero-order chi connectivity index (χ0) is 19.0. The highest BCUT2D eigenvalue weighted by atomic mass is 127. The van der Waals surface area contributed by atoms with Crippen LogP contribution in [0.25, 0.3) is 0 Å². The van der Waals surface area contributed by atoms with Crippen LogP contribution in [0, 0.1) is 6.92 Å². The number of hydrogen-bond donors (Lipinski definition) is 2. The van der Waals surface area contributed by atoms with Gasteiger partial charge in [-0.2, -0.15) is 11.8 Å². The summed E-state index contributed by atoms with van der Waals surface area (Å²) >= 11 is 1.80. The molecule has 0 saturated carbocycles. The molecule has 0 aliphatic carbocycles. The highest BCUT2D eigenvalue weighted by Gasteiger charge is 2.23. The third kappa shape index (κ3) is 8.16. The zero-order valence-electron chi connectivity index (χ0n) is 16.3. The second-order valence-electron chi connectivity index (χ2n) is 6.52. The topological polar surface area (TPSA) is 73.8 Å². The van der Waals surface area contributed by atoms with Gasteiger partial charge in [-0.25, -0.2) is 12.7 Å². The molecule has 1 unspecified atom stereocenters.